The van der Waals surface area contributed by atoms with Crippen LogP contribution >= 0.6 is 11.6 Å². The van der Waals surface area contributed by atoms with Crippen LogP contribution in [-0.4, -0.2) is 53.5 Å². The van der Waals surface area contributed by atoms with Crippen LogP contribution in [0.15, 0.2) is 53.1 Å². The van der Waals surface area contributed by atoms with E-state index in [9.17, 15) is 19.1 Å². The van der Waals surface area contributed by atoms with Gasteiger partial charge >= 0.3 is 11.9 Å². The molecule has 0 fully saturated rings. The third-order valence-corrected chi connectivity index (χ3v) is 5.21. The smallest absolute Gasteiger partial charge is 0.336 e. The predicted octanol–water partition coefficient (Wildman–Crippen LogP) is 3.85. The second-order valence-electron chi connectivity index (χ2n) is 8.42. The molecule has 192 valence electrons. The number of hydrazine groups is 1. The fourth-order valence-corrected chi connectivity index (χ4v) is 3.34. The molecule has 0 aliphatic rings. The van der Waals surface area contributed by atoms with Gasteiger partial charge in [0.15, 0.2) is 6.10 Å². The number of halogens is 2. The zero-order valence-corrected chi connectivity index (χ0v) is 20.8. The molecule has 1 amide bonds. The van der Waals surface area contributed by atoms with Crippen molar-refractivity contribution in [1.29, 1.82) is 0 Å². The largest absolute Gasteiger partial charge is 0.479 e. The van der Waals surface area contributed by atoms with Crippen LogP contribution in [0.2, 0.25) is 5.02 Å². The Balaban J connectivity index is 1.76. The van der Waals surface area contributed by atoms with Crippen LogP contribution in [0.3, 0.4) is 0 Å². The van der Waals surface area contributed by atoms with E-state index < -0.39 is 23.8 Å². The number of aromatic nitrogens is 1. The van der Waals surface area contributed by atoms with Crippen LogP contribution in [0.1, 0.15) is 30.0 Å². The first-order chi connectivity index (χ1) is 17.2. The molecule has 0 radical (unpaired) electrons. The molecule has 1 unspecified atom stereocenters. The van der Waals surface area contributed by atoms with Crippen LogP contribution in [0.4, 0.5) is 4.39 Å². The van der Waals surface area contributed by atoms with Gasteiger partial charge in [-0.3, -0.25) is 10.2 Å². The minimum Gasteiger partial charge on any atom is -0.479 e. The summed E-state index contributed by atoms with van der Waals surface area (Å²) in [5, 5.41) is 15.7. The Labute approximate surface area is 212 Å². The van der Waals surface area contributed by atoms with Crippen LogP contribution < -0.4 is 10.2 Å². The van der Waals surface area contributed by atoms with Crippen LogP contribution in [-0.2, 0) is 16.1 Å². The summed E-state index contributed by atoms with van der Waals surface area (Å²) < 4.78 is 29.2. The number of aliphatic hydroxyl groups is 1. The second kappa shape index (κ2) is 12.5. The van der Waals surface area contributed by atoms with Crippen molar-refractivity contribution >= 4 is 23.5 Å². The molecule has 9 nitrogen and oxygen atoms in total. The highest BCUT2D eigenvalue weighted by Gasteiger charge is 2.24. The number of carbonyl (C=O) groups excluding carboxylic acids is 2. The first-order valence-electron chi connectivity index (χ1n) is 11.1. The molecule has 2 N–H and O–H groups in total. The monoisotopic (exact) mass is 519 g/mol. The summed E-state index contributed by atoms with van der Waals surface area (Å²) in [5.74, 6) is -1.79. The Morgan fingerprint density at radius 1 is 1.19 bits per heavy atom. The Morgan fingerprint density at radius 3 is 2.56 bits per heavy atom. The lowest BCUT2D eigenvalue weighted by molar-refractivity contribution is -0.156. The van der Waals surface area contributed by atoms with Gasteiger partial charge in [-0.05, 0) is 40.4 Å². The van der Waals surface area contributed by atoms with Gasteiger partial charge in [0.25, 0.3) is 5.88 Å². The van der Waals surface area contributed by atoms with Gasteiger partial charge in [-0.1, -0.05) is 49.7 Å². The van der Waals surface area contributed by atoms with Gasteiger partial charge in [0.05, 0.1) is 26.3 Å². The Kier molecular flexibility index (Phi) is 9.40. The van der Waals surface area contributed by atoms with Crippen molar-refractivity contribution in [1.82, 2.24) is 15.6 Å². The average Bonchev–Trinajstić information content (AvgIpc) is 3.34. The van der Waals surface area contributed by atoms with Gasteiger partial charge in [0.1, 0.15) is 5.82 Å². The number of amides is 1. The summed E-state index contributed by atoms with van der Waals surface area (Å²) in [4.78, 5) is 24.8. The lowest BCUT2D eigenvalue weighted by atomic mass is 10.0. The zero-order valence-electron chi connectivity index (χ0n) is 20.0. The third kappa shape index (κ3) is 7.51. The molecule has 11 heteroatoms. The van der Waals surface area contributed by atoms with E-state index in [0.717, 1.165) is 0 Å². The highest BCUT2D eigenvalue weighted by atomic mass is 35.5. The number of rotatable bonds is 11. The molecule has 0 aliphatic carbocycles. The molecule has 0 aliphatic heterocycles. The van der Waals surface area contributed by atoms with Gasteiger partial charge in [-0.25, -0.2) is 14.2 Å². The molecule has 0 bridgehead atoms. The molecular formula is C25H27ClFN3O6. The summed E-state index contributed by atoms with van der Waals surface area (Å²) in [6, 6.07) is 12.5. The minimum atomic E-state index is -1.52. The van der Waals surface area contributed by atoms with E-state index in [-0.39, 0.29) is 37.3 Å². The lowest BCUT2D eigenvalue weighted by Gasteiger charge is -2.25. The molecule has 1 aromatic heterocycles. The van der Waals surface area contributed by atoms with Gasteiger partial charge in [0.2, 0.25) is 5.76 Å². The van der Waals surface area contributed by atoms with Crippen molar-refractivity contribution < 1.29 is 33.1 Å². The number of hydrogen-bond acceptors (Lipinski definition) is 8. The van der Waals surface area contributed by atoms with Crippen molar-refractivity contribution in [3.8, 4) is 17.0 Å². The van der Waals surface area contributed by atoms with Gasteiger partial charge in [-0.15, -0.1) is 0 Å². The van der Waals surface area contributed by atoms with E-state index in [0.29, 0.717) is 21.7 Å². The average molecular weight is 520 g/mol. The number of esters is 1. The lowest BCUT2D eigenvalue weighted by Crippen LogP contribution is -2.47. The summed E-state index contributed by atoms with van der Waals surface area (Å²) in [7, 11) is 1.38. The maximum Gasteiger partial charge on any atom is 0.336 e. The number of aliphatic hydroxyl groups excluding tert-OH is 1. The van der Waals surface area contributed by atoms with Crippen LogP contribution in [0, 0.1) is 11.7 Å². The van der Waals surface area contributed by atoms with Crippen molar-refractivity contribution in [2.24, 2.45) is 5.92 Å². The van der Waals surface area contributed by atoms with Crippen molar-refractivity contribution in [2.75, 3.05) is 20.3 Å². The normalized spacial score (nSPS) is 12.0. The topological polar surface area (TPSA) is 114 Å². The maximum absolute atomic E-state index is 14.2. The number of hydrogen-bond donors (Lipinski definition) is 2. The quantitative estimate of drug-likeness (QED) is 0.290. The van der Waals surface area contributed by atoms with E-state index in [1.807, 2.05) is 13.8 Å². The molecule has 0 saturated carbocycles. The first kappa shape index (κ1) is 27.1. The fraction of sp³-hybridized carbons (Fsp3) is 0.320. The third-order valence-electron chi connectivity index (χ3n) is 4.97. The number of methoxy groups -OCH3 is 1. The second-order valence-corrected chi connectivity index (χ2v) is 8.85. The molecule has 36 heavy (non-hydrogen) atoms. The van der Waals surface area contributed by atoms with Gasteiger partial charge in [0, 0.05) is 17.1 Å². The Morgan fingerprint density at radius 2 is 1.92 bits per heavy atom. The Bertz CT molecular complexity index is 1180. The number of benzene rings is 2. The SMILES string of the molecule is COc1cc(C(=O)NN(Cc2ccc(-c3cc(Cl)ccc3F)cc2)CC(O)C(=O)OCC(C)C)on1. The van der Waals surface area contributed by atoms with E-state index in [1.165, 1.54) is 36.4 Å². The van der Waals surface area contributed by atoms with Crippen molar-refractivity contribution in [3.05, 3.63) is 70.7 Å². The van der Waals surface area contributed by atoms with Crippen molar-refractivity contribution in [2.45, 2.75) is 26.5 Å². The molecule has 3 aromatic rings. The molecular weight excluding hydrogens is 493 g/mol. The van der Waals surface area contributed by atoms with E-state index >= 15 is 0 Å². The predicted molar refractivity (Wildman–Crippen MR) is 130 cm³/mol. The maximum atomic E-state index is 14.2. The number of ether oxygens (including phenoxy) is 2. The molecule has 3 rings (SSSR count). The van der Waals surface area contributed by atoms with Crippen LogP contribution in [0.5, 0.6) is 5.88 Å². The number of carbonyl (C=O) groups is 2. The number of nitrogens with one attached hydrogen (secondary N) is 1. The van der Waals surface area contributed by atoms with Crippen LogP contribution in [0.25, 0.3) is 11.1 Å². The van der Waals surface area contributed by atoms with Gasteiger partial charge in [-0.2, -0.15) is 0 Å². The van der Waals surface area contributed by atoms with E-state index in [1.54, 1.807) is 24.3 Å². The highest BCUT2D eigenvalue weighted by Crippen LogP contribution is 2.26. The Hall–Kier alpha value is -3.47. The summed E-state index contributed by atoms with van der Waals surface area (Å²) in [6.45, 7) is 3.73. The molecule has 2 aromatic carbocycles. The zero-order chi connectivity index (χ0) is 26.2. The first-order valence-corrected chi connectivity index (χ1v) is 11.5. The molecule has 0 saturated heterocycles. The summed E-state index contributed by atoms with van der Waals surface area (Å²) in [6.07, 6.45) is -1.52. The highest BCUT2D eigenvalue weighted by molar-refractivity contribution is 6.30. The summed E-state index contributed by atoms with van der Waals surface area (Å²) in [5.41, 5.74) is 4.26. The molecule has 0 spiro atoms. The summed E-state index contributed by atoms with van der Waals surface area (Å²) >= 11 is 6.00. The minimum absolute atomic E-state index is 0.0984. The van der Waals surface area contributed by atoms with E-state index in [2.05, 4.69) is 10.6 Å². The molecule has 1 heterocycles. The van der Waals surface area contributed by atoms with Gasteiger partial charge < -0.3 is 19.1 Å². The van der Waals surface area contributed by atoms with E-state index in [4.69, 9.17) is 25.6 Å². The number of nitrogens with zero attached hydrogens (tertiary/aromatic N) is 2. The van der Waals surface area contributed by atoms with Crippen molar-refractivity contribution in [3.63, 3.8) is 0 Å². The standard InChI is InChI=1S/C25H27ClFN3O6/c1-15(2)14-35-25(33)21(31)13-30(28-24(32)22-11-23(34-3)29-36-22)12-16-4-6-17(7-5-16)19-10-18(26)8-9-20(19)27/h4-11,15,21,31H,12-14H2,1-3H3,(H,28,32). The molecule has 1 atom stereocenters. The fourth-order valence-electron chi connectivity index (χ4n) is 3.17.